The summed E-state index contributed by atoms with van der Waals surface area (Å²) in [5.41, 5.74) is 1.88. The van der Waals surface area contributed by atoms with E-state index in [9.17, 15) is 15.0 Å². The number of aryl methyl sites for hydroxylation is 1. The SMILES string of the molecule is CC(=O)[C@]12CC1[C@@H](n1cnc3c(C)nc(C#Cc4ccccc4)nc31)[C@H](O)C2O. The zero-order valence-electron chi connectivity index (χ0n) is 16.1. The molecule has 7 heteroatoms. The lowest BCUT2D eigenvalue weighted by molar-refractivity contribution is -0.128. The standard InChI is InChI=1S/C22H20N4O3/c1-12-17-21(25-16(24-12)9-8-14-6-4-3-5-7-14)26(11-23-17)18-15-10-22(15,13(2)27)20(29)19(18)28/h3-7,11,15,18-20,28-29H,10H2,1-2H3/t15?,18-,19+,20?,22-/m1/s1. The van der Waals surface area contributed by atoms with Gasteiger partial charge in [-0.1, -0.05) is 24.1 Å². The first-order chi connectivity index (χ1) is 13.9. The Kier molecular flexibility index (Phi) is 3.85. The fourth-order valence-corrected chi connectivity index (χ4v) is 4.75. The van der Waals surface area contributed by atoms with Crippen LogP contribution in [0.5, 0.6) is 0 Å². The highest BCUT2D eigenvalue weighted by Gasteiger charge is 2.74. The van der Waals surface area contributed by atoms with E-state index >= 15 is 0 Å². The van der Waals surface area contributed by atoms with Crippen molar-refractivity contribution in [2.45, 2.75) is 38.5 Å². The predicted molar refractivity (Wildman–Crippen MR) is 105 cm³/mol. The minimum Gasteiger partial charge on any atom is -0.389 e. The Balaban J connectivity index is 1.58. The molecular weight excluding hydrogens is 368 g/mol. The van der Waals surface area contributed by atoms with Crippen LogP contribution in [0.2, 0.25) is 0 Å². The maximum Gasteiger partial charge on any atom is 0.207 e. The van der Waals surface area contributed by atoms with Crippen LogP contribution in [0.4, 0.5) is 0 Å². The first-order valence-electron chi connectivity index (χ1n) is 9.59. The number of rotatable bonds is 2. The monoisotopic (exact) mass is 388 g/mol. The molecule has 2 fully saturated rings. The molecule has 0 saturated heterocycles. The number of hydrogen-bond donors (Lipinski definition) is 2. The summed E-state index contributed by atoms with van der Waals surface area (Å²) in [4.78, 5) is 25.6. The molecule has 0 radical (unpaired) electrons. The Labute approximate surface area is 167 Å². The number of fused-ring (bicyclic) bond motifs is 2. The lowest BCUT2D eigenvalue weighted by atomic mass is 9.95. The van der Waals surface area contributed by atoms with E-state index in [0.29, 0.717) is 29.1 Å². The Morgan fingerprint density at radius 1 is 1.21 bits per heavy atom. The number of aliphatic hydroxyl groups is 2. The highest BCUT2D eigenvalue weighted by atomic mass is 16.3. The van der Waals surface area contributed by atoms with Gasteiger partial charge in [-0.15, -0.1) is 0 Å². The molecule has 2 aliphatic carbocycles. The summed E-state index contributed by atoms with van der Waals surface area (Å²) in [5, 5.41) is 21.2. The third-order valence-corrected chi connectivity index (χ3v) is 6.34. The van der Waals surface area contributed by atoms with Crippen molar-refractivity contribution in [1.29, 1.82) is 0 Å². The van der Waals surface area contributed by atoms with Gasteiger partial charge in [-0.3, -0.25) is 4.79 Å². The fraction of sp³-hybridized carbons (Fsp3) is 0.364. The molecule has 5 rings (SSSR count). The minimum absolute atomic E-state index is 0.0822. The molecule has 5 atom stereocenters. The second-order valence-corrected chi connectivity index (χ2v) is 7.91. The van der Waals surface area contributed by atoms with E-state index in [-0.39, 0.29) is 11.7 Å². The maximum absolute atomic E-state index is 12.1. The normalized spacial score (nSPS) is 29.9. The van der Waals surface area contributed by atoms with Crippen molar-refractivity contribution >= 4 is 16.9 Å². The summed E-state index contributed by atoms with van der Waals surface area (Å²) in [7, 11) is 0. The molecule has 29 heavy (non-hydrogen) atoms. The molecule has 0 spiro atoms. The lowest BCUT2D eigenvalue weighted by Crippen LogP contribution is -2.36. The average Bonchev–Trinajstić information content (AvgIpc) is 3.25. The van der Waals surface area contributed by atoms with Crippen molar-refractivity contribution in [3.63, 3.8) is 0 Å². The summed E-state index contributed by atoms with van der Waals surface area (Å²) < 4.78 is 1.77. The second kappa shape index (κ2) is 6.21. The van der Waals surface area contributed by atoms with Crippen molar-refractivity contribution in [3.05, 3.63) is 53.7 Å². The number of aromatic nitrogens is 4. The van der Waals surface area contributed by atoms with E-state index in [1.165, 1.54) is 6.92 Å². The Morgan fingerprint density at radius 2 is 1.97 bits per heavy atom. The number of carbonyl (C=O) groups is 1. The number of nitrogens with zero attached hydrogens (tertiary/aromatic N) is 4. The van der Waals surface area contributed by atoms with Crippen LogP contribution in [0, 0.1) is 30.1 Å². The van der Waals surface area contributed by atoms with Crippen LogP contribution in [-0.2, 0) is 4.79 Å². The van der Waals surface area contributed by atoms with Crippen LogP contribution in [0.1, 0.15) is 36.5 Å². The molecule has 2 unspecified atom stereocenters. The molecule has 0 bridgehead atoms. The van der Waals surface area contributed by atoms with Gasteiger partial charge in [0, 0.05) is 5.56 Å². The van der Waals surface area contributed by atoms with Crippen molar-refractivity contribution < 1.29 is 15.0 Å². The summed E-state index contributed by atoms with van der Waals surface area (Å²) >= 11 is 0. The Morgan fingerprint density at radius 3 is 2.66 bits per heavy atom. The summed E-state index contributed by atoms with van der Waals surface area (Å²) in [6.07, 6.45) is 0.0443. The van der Waals surface area contributed by atoms with E-state index in [1.54, 1.807) is 10.9 Å². The molecule has 3 aromatic rings. The first kappa shape index (κ1) is 18.0. The summed E-state index contributed by atoms with van der Waals surface area (Å²) in [5.74, 6) is 6.19. The maximum atomic E-state index is 12.1. The molecule has 0 aliphatic heterocycles. The fourth-order valence-electron chi connectivity index (χ4n) is 4.75. The highest BCUT2D eigenvalue weighted by Crippen LogP contribution is 2.68. The van der Waals surface area contributed by atoms with E-state index in [0.717, 1.165) is 5.56 Å². The van der Waals surface area contributed by atoms with Gasteiger partial charge in [0.1, 0.15) is 17.4 Å². The molecule has 2 heterocycles. The van der Waals surface area contributed by atoms with Gasteiger partial charge in [0.05, 0.1) is 29.6 Å². The molecular formula is C22H20N4O3. The third-order valence-electron chi connectivity index (χ3n) is 6.34. The van der Waals surface area contributed by atoms with Gasteiger partial charge in [0.2, 0.25) is 5.82 Å². The van der Waals surface area contributed by atoms with Gasteiger partial charge in [-0.05, 0) is 44.2 Å². The van der Waals surface area contributed by atoms with Crippen molar-refractivity contribution in [1.82, 2.24) is 19.5 Å². The topological polar surface area (TPSA) is 101 Å². The largest absolute Gasteiger partial charge is 0.389 e. The molecule has 2 aromatic heterocycles. The van der Waals surface area contributed by atoms with Gasteiger partial charge >= 0.3 is 0 Å². The molecule has 0 amide bonds. The van der Waals surface area contributed by atoms with Gasteiger partial charge in [-0.2, -0.15) is 0 Å². The van der Waals surface area contributed by atoms with Crippen LogP contribution in [0.25, 0.3) is 11.2 Å². The quantitative estimate of drug-likeness (QED) is 0.644. The predicted octanol–water partition coefficient (Wildman–Crippen LogP) is 1.41. The third kappa shape index (κ3) is 2.53. The van der Waals surface area contributed by atoms with Crippen LogP contribution in [-0.4, -0.2) is 47.7 Å². The van der Waals surface area contributed by atoms with E-state index < -0.39 is 23.7 Å². The number of ketones is 1. The number of aliphatic hydroxyl groups excluding tert-OH is 2. The smallest absolute Gasteiger partial charge is 0.207 e. The van der Waals surface area contributed by atoms with Crippen molar-refractivity contribution in [2.24, 2.45) is 11.3 Å². The minimum atomic E-state index is -1.08. The molecule has 1 aromatic carbocycles. The zero-order chi connectivity index (χ0) is 20.3. The van der Waals surface area contributed by atoms with Gasteiger partial charge in [-0.25, -0.2) is 15.0 Å². The van der Waals surface area contributed by atoms with E-state index in [1.807, 2.05) is 37.3 Å². The van der Waals surface area contributed by atoms with Gasteiger partial charge < -0.3 is 14.8 Å². The molecule has 2 N–H and O–H groups in total. The van der Waals surface area contributed by atoms with Gasteiger partial charge in [0.25, 0.3) is 0 Å². The second-order valence-electron chi connectivity index (χ2n) is 7.91. The molecule has 7 nitrogen and oxygen atoms in total. The number of Topliss-reactive ketones (excluding diaryl/α,β-unsaturated/α-hetero) is 1. The average molecular weight is 388 g/mol. The Hall–Kier alpha value is -3.08. The summed E-state index contributed by atoms with van der Waals surface area (Å²) in [6, 6.07) is 9.12. The highest BCUT2D eigenvalue weighted by molar-refractivity contribution is 5.87. The zero-order valence-corrected chi connectivity index (χ0v) is 16.1. The van der Waals surface area contributed by atoms with Crippen LogP contribution < -0.4 is 0 Å². The van der Waals surface area contributed by atoms with Crippen LogP contribution in [0.15, 0.2) is 36.7 Å². The molecule has 2 aliphatic rings. The molecule has 146 valence electrons. The lowest BCUT2D eigenvalue weighted by Gasteiger charge is -2.23. The number of benzene rings is 1. The van der Waals surface area contributed by atoms with Crippen molar-refractivity contribution in [2.75, 3.05) is 0 Å². The van der Waals surface area contributed by atoms with E-state index in [2.05, 4.69) is 26.8 Å². The number of carbonyl (C=O) groups excluding carboxylic acids is 1. The number of imidazole rings is 1. The van der Waals surface area contributed by atoms with Gasteiger partial charge in [0.15, 0.2) is 5.65 Å². The van der Waals surface area contributed by atoms with Crippen molar-refractivity contribution in [3.8, 4) is 11.8 Å². The first-order valence-corrected chi connectivity index (χ1v) is 9.59. The number of hydrogen-bond acceptors (Lipinski definition) is 6. The Bertz CT molecular complexity index is 1190. The summed E-state index contributed by atoms with van der Waals surface area (Å²) in [6.45, 7) is 3.32. The molecule has 2 saturated carbocycles. The van der Waals surface area contributed by atoms with Crippen LogP contribution >= 0.6 is 0 Å². The van der Waals surface area contributed by atoms with Crippen LogP contribution in [0.3, 0.4) is 0 Å². The van der Waals surface area contributed by atoms with E-state index in [4.69, 9.17) is 0 Å².